The first-order chi connectivity index (χ1) is 15.2. The van der Waals surface area contributed by atoms with Gasteiger partial charge >= 0.3 is 0 Å². The minimum atomic E-state index is -0.825. The molecule has 1 aliphatic rings. The molecule has 0 atom stereocenters. The van der Waals surface area contributed by atoms with Crippen molar-refractivity contribution in [2.24, 2.45) is 0 Å². The van der Waals surface area contributed by atoms with E-state index in [-0.39, 0.29) is 28.9 Å². The Morgan fingerprint density at radius 2 is 1.91 bits per heavy atom. The van der Waals surface area contributed by atoms with E-state index in [1.54, 1.807) is 24.6 Å². The van der Waals surface area contributed by atoms with Gasteiger partial charge in [0, 0.05) is 23.2 Å². The van der Waals surface area contributed by atoms with Crippen LogP contribution in [0.1, 0.15) is 38.0 Å². The van der Waals surface area contributed by atoms with Crippen LogP contribution in [0.4, 0.5) is 18.9 Å². The first-order valence-corrected chi connectivity index (χ1v) is 10.2. The summed E-state index contributed by atoms with van der Waals surface area (Å²) in [5.74, 6) is 4.46. The minimum absolute atomic E-state index is 0.0920. The number of H-pyrrole nitrogens is 1. The Balaban J connectivity index is 1.85. The van der Waals surface area contributed by atoms with Crippen molar-refractivity contribution in [1.82, 2.24) is 19.7 Å². The number of fused-ring (bicyclic) bond motifs is 4. The van der Waals surface area contributed by atoms with Gasteiger partial charge in [0.1, 0.15) is 23.1 Å². The SMILES string of the molecule is CC#CCc1nnc2n1-c1c(cc(F)c(-c3cc(F)cc4c(C)c[nH]c34)c1F)NC2(C)C. The molecule has 0 unspecified atom stereocenters. The second-order valence-corrected chi connectivity index (χ2v) is 8.42. The summed E-state index contributed by atoms with van der Waals surface area (Å²) >= 11 is 0. The smallest absolute Gasteiger partial charge is 0.162 e. The fraction of sp³-hybridized carbons (Fsp3) is 0.250. The maximum Gasteiger partial charge on any atom is 0.162 e. The largest absolute Gasteiger partial charge is 0.371 e. The highest BCUT2D eigenvalue weighted by atomic mass is 19.1. The number of hydrogen-bond acceptors (Lipinski definition) is 3. The molecule has 32 heavy (non-hydrogen) atoms. The summed E-state index contributed by atoms with van der Waals surface area (Å²) in [4.78, 5) is 3.02. The summed E-state index contributed by atoms with van der Waals surface area (Å²) in [6.07, 6.45) is 1.94. The molecule has 0 aliphatic carbocycles. The van der Waals surface area contributed by atoms with E-state index < -0.39 is 23.0 Å². The second-order valence-electron chi connectivity index (χ2n) is 8.42. The van der Waals surface area contributed by atoms with Gasteiger partial charge < -0.3 is 10.3 Å². The molecule has 0 amide bonds. The fourth-order valence-electron chi connectivity index (χ4n) is 4.33. The van der Waals surface area contributed by atoms with E-state index in [1.165, 1.54) is 12.1 Å². The first kappa shape index (κ1) is 20.2. The number of hydrogen-bond donors (Lipinski definition) is 2. The van der Waals surface area contributed by atoms with Crippen LogP contribution >= 0.6 is 0 Å². The lowest BCUT2D eigenvalue weighted by Crippen LogP contribution is -2.36. The highest BCUT2D eigenvalue weighted by molar-refractivity contribution is 5.97. The maximum absolute atomic E-state index is 16.1. The third-order valence-electron chi connectivity index (χ3n) is 5.81. The number of halogens is 3. The topological polar surface area (TPSA) is 58.5 Å². The zero-order valence-electron chi connectivity index (χ0n) is 18.0. The first-order valence-electron chi connectivity index (χ1n) is 10.2. The quantitative estimate of drug-likeness (QED) is 0.417. The zero-order chi connectivity index (χ0) is 22.8. The molecule has 4 aromatic rings. The molecule has 0 bridgehead atoms. The Morgan fingerprint density at radius 3 is 2.66 bits per heavy atom. The minimum Gasteiger partial charge on any atom is -0.371 e. The van der Waals surface area contributed by atoms with Gasteiger partial charge in [-0.15, -0.1) is 16.1 Å². The molecule has 0 radical (unpaired) electrons. The van der Waals surface area contributed by atoms with Crippen molar-refractivity contribution < 1.29 is 13.2 Å². The van der Waals surface area contributed by atoms with Crippen molar-refractivity contribution >= 4 is 16.6 Å². The summed E-state index contributed by atoms with van der Waals surface area (Å²) in [6, 6.07) is 3.73. The van der Waals surface area contributed by atoms with Crippen LogP contribution in [0.3, 0.4) is 0 Å². The van der Waals surface area contributed by atoms with Crippen molar-refractivity contribution in [3.05, 3.63) is 59.1 Å². The van der Waals surface area contributed by atoms with Crippen LogP contribution < -0.4 is 5.32 Å². The average molecular weight is 435 g/mol. The predicted molar refractivity (Wildman–Crippen MR) is 117 cm³/mol. The van der Waals surface area contributed by atoms with Crippen LogP contribution in [0.5, 0.6) is 0 Å². The molecule has 5 rings (SSSR count). The average Bonchev–Trinajstić information content (AvgIpc) is 3.30. The lowest BCUT2D eigenvalue weighted by atomic mass is 9.95. The van der Waals surface area contributed by atoms with Crippen molar-refractivity contribution in [1.29, 1.82) is 0 Å². The van der Waals surface area contributed by atoms with Crippen LogP contribution in [0, 0.1) is 36.2 Å². The number of nitrogens with one attached hydrogen (secondary N) is 2. The molecule has 0 saturated heterocycles. The summed E-state index contributed by atoms with van der Waals surface area (Å²) in [7, 11) is 0. The molecular weight excluding hydrogens is 415 g/mol. The zero-order valence-corrected chi connectivity index (χ0v) is 18.0. The molecule has 2 aromatic heterocycles. The number of rotatable bonds is 2. The highest BCUT2D eigenvalue weighted by Gasteiger charge is 2.38. The predicted octanol–water partition coefficient (Wildman–Crippen LogP) is 5.37. The molecule has 0 saturated carbocycles. The summed E-state index contributed by atoms with van der Waals surface area (Å²) in [6.45, 7) is 7.22. The summed E-state index contributed by atoms with van der Waals surface area (Å²) < 4.78 is 47.5. The number of anilines is 1. The molecule has 0 spiro atoms. The Bertz CT molecular complexity index is 1470. The van der Waals surface area contributed by atoms with Crippen molar-refractivity contribution in [3.8, 4) is 28.7 Å². The Labute approximate surface area is 182 Å². The molecule has 2 N–H and O–H groups in total. The summed E-state index contributed by atoms with van der Waals surface area (Å²) in [5, 5.41) is 12.2. The number of aromatic amines is 1. The van der Waals surface area contributed by atoms with Crippen LogP contribution in [0.15, 0.2) is 24.4 Å². The number of aromatic nitrogens is 4. The van der Waals surface area contributed by atoms with Gasteiger partial charge in [-0.1, -0.05) is 5.92 Å². The van der Waals surface area contributed by atoms with Gasteiger partial charge in [0.05, 0.1) is 28.7 Å². The third kappa shape index (κ3) is 2.81. The van der Waals surface area contributed by atoms with Gasteiger partial charge in [-0.25, -0.2) is 13.2 Å². The van der Waals surface area contributed by atoms with Gasteiger partial charge in [0.25, 0.3) is 0 Å². The molecule has 5 nitrogen and oxygen atoms in total. The Morgan fingerprint density at radius 1 is 1.12 bits per heavy atom. The Kier molecular flexibility index (Phi) is 4.35. The summed E-state index contributed by atoms with van der Waals surface area (Å²) in [5.41, 5.74) is 0.678. The van der Waals surface area contributed by atoms with Gasteiger partial charge in [-0.05, 0) is 45.4 Å². The van der Waals surface area contributed by atoms with Crippen molar-refractivity contribution in [2.75, 3.05) is 5.32 Å². The monoisotopic (exact) mass is 435 g/mol. The number of aryl methyl sites for hydroxylation is 1. The molecule has 162 valence electrons. The lowest BCUT2D eigenvalue weighted by Gasteiger charge is -2.34. The van der Waals surface area contributed by atoms with Crippen LogP contribution in [-0.4, -0.2) is 19.7 Å². The molecule has 2 aromatic carbocycles. The van der Waals surface area contributed by atoms with E-state index in [4.69, 9.17) is 0 Å². The van der Waals surface area contributed by atoms with Gasteiger partial charge in [-0.3, -0.25) is 4.57 Å². The van der Waals surface area contributed by atoms with Crippen LogP contribution in [0.2, 0.25) is 0 Å². The van der Waals surface area contributed by atoms with E-state index in [2.05, 4.69) is 32.3 Å². The molecule has 0 fully saturated rings. The molecule has 8 heteroatoms. The van der Waals surface area contributed by atoms with E-state index in [1.807, 2.05) is 13.8 Å². The van der Waals surface area contributed by atoms with Gasteiger partial charge in [0.2, 0.25) is 0 Å². The molecular formula is C24H20F3N5. The highest BCUT2D eigenvalue weighted by Crippen LogP contribution is 2.43. The van der Waals surface area contributed by atoms with Crippen LogP contribution in [-0.2, 0) is 12.0 Å². The van der Waals surface area contributed by atoms with Crippen molar-refractivity contribution in [2.45, 2.75) is 39.7 Å². The van der Waals surface area contributed by atoms with Gasteiger partial charge in [-0.2, -0.15) is 0 Å². The molecule has 1 aliphatic heterocycles. The van der Waals surface area contributed by atoms with E-state index in [9.17, 15) is 4.39 Å². The lowest BCUT2D eigenvalue weighted by molar-refractivity contribution is 0.516. The number of nitrogens with zero attached hydrogens (tertiary/aromatic N) is 3. The standard InChI is InChI=1S/C24H20F3N5/c1-5-6-7-18-30-31-23-24(3,4)29-17-10-16(26)19(20(27)22(17)32(18)23)15-9-13(25)8-14-12(2)11-28-21(14)15/h8-11,28-29H,7H2,1-4H3. The Hall–Kier alpha value is -3.73. The fourth-order valence-corrected chi connectivity index (χ4v) is 4.33. The normalized spacial score (nSPS) is 13.8. The molecule has 3 heterocycles. The second kappa shape index (κ2) is 6.89. The van der Waals surface area contributed by atoms with Crippen LogP contribution in [0.25, 0.3) is 27.7 Å². The van der Waals surface area contributed by atoms with Crippen molar-refractivity contribution in [3.63, 3.8) is 0 Å². The third-order valence-corrected chi connectivity index (χ3v) is 5.81. The number of benzene rings is 2. The maximum atomic E-state index is 16.1. The van der Waals surface area contributed by atoms with E-state index in [0.29, 0.717) is 22.6 Å². The van der Waals surface area contributed by atoms with E-state index in [0.717, 1.165) is 11.6 Å². The van der Waals surface area contributed by atoms with Gasteiger partial charge in [0.15, 0.2) is 11.6 Å². The van der Waals surface area contributed by atoms with E-state index >= 15 is 8.78 Å².